The highest BCUT2D eigenvalue weighted by molar-refractivity contribution is 5.82. The number of amides is 2. The molecule has 92 valence electrons. The van der Waals surface area contributed by atoms with Crippen LogP contribution in [0.4, 0.5) is 4.79 Å². The van der Waals surface area contributed by atoms with Crippen molar-refractivity contribution in [2.45, 2.75) is 19.4 Å². The fraction of sp³-hybridized carbons (Fsp3) is 0.600. The lowest BCUT2D eigenvalue weighted by Gasteiger charge is -2.22. The van der Waals surface area contributed by atoms with E-state index in [1.165, 1.54) is 4.90 Å². The van der Waals surface area contributed by atoms with Crippen LogP contribution in [0.5, 0.6) is 0 Å². The van der Waals surface area contributed by atoms with Gasteiger partial charge in [0.25, 0.3) is 0 Å². The number of hydrogen-bond donors (Lipinski definition) is 3. The van der Waals surface area contributed by atoms with Crippen molar-refractivity contribution in [3.63, 3.8) is 0 Å². The molecule has 0 aromatic heterocycles. The summed E-state index contributed by atoms with van der Waals surface area (Å²) in [7, 11) is 0. The summed E-state index contributed by atoms with van der Waals surface area (Å²) in [6, 6.07) is -1.78. The van der Waals surface area contributed by atoms with Gasteiger partial charge in [0, 0.05) is 13.1 Å². The van der Waals surface area contributed by atoms with E-state index in [-0.39, 0.29) is 0 Å². The second kappa shape index (κ2) is 7.70. The van der Waals surface area contributed by atoms with E-state index in [0.29, 0.717) is 13.1 Å². The van der Waals surface area contributed by atoms with E-state index in [0.717, 1.165) is 6.42 Å². The van der Waals surface area contributed by atoms with Crippen LogP contribution in [-0.4, -0.2) is 52.9 Å². The number of carbonyl (C=O) groups excluding carboxylic acids is 1. The number of aliphatic hydroxyl groups excluding tert-OH is 1. The Morgan fingerprint density at radius 1 is 1.56 bits per heavy atom. The van der Waals surface area contributed by atoms with Crippen LogP contribution in [0.1, 0.15) is 13.3 Å². The maximum absolute atomic E-state index is 11.6. The number of urea groups is 1. The Morgan fingerprint density at radius 3 is 2.56 bits per heavy atom. The lowest BCUT2D eigenvalue weighted by atomic mass is 10.3. The van der Waals surface area contributed by atoms with E-state index < -0.39 is 24.6 Å². The van der Waals surface area contributed by atoms with Crippen LogP contribution < -0.4 is 5.32 Å². The van der Waals surface area contributed by atoms with Crippen molar-refractivity contribution in [1.29, 1.82) is 0 Å². The summed E-state index contributed by atoms with van der Waals surface area (Å²) in [5, 5.41) is 19.6. The molecule has 2 amide bonds. The van der Waals surface area contributed by atoms with Gasteiger partial charge in [-0.3, -0.25) is 0 Å². The summed E-state index contributed by atoms with van der Waals surface area (Å²) in [6.45, 7) is 5.64. The van der Waals surface area contributed by atoms with Crippen molar-refractivity contribution in [3.05, 3.63) is 12.7 Å². The Labute approximate surface area is 94.6 Å². The molecule has 0 aliphatic heterocycles. The van der Waals surface area contributed by atoms with Crippen molar-refractivity contribution >= 4 is 12.0 Å². The number of nitrogens with zero attached hydrogens (tertiary/aromatic N) is 1. The Hall–Kier alpha value is -1.56. The maximum Gasteiger partial charge on any atom is 0.328 e. The average Bonchev–Trinajstić information content (AvgIpc) is 2.24. The van der Waals surface area contributed by atoms with Gasteiger partial charge in [-0.1, -0.05) is 13.0 Å². The highest BCUT2D eigenvalue weighted by Crippen LogP contribution is 1.95. The van der Waals surface area contributed by atoms with Gasteiger partial charge in [-0.15, -0.1) is 6.58 Å². The largest absolute Gasteiger partial charge is 0.480 e. The standard InChI is InChI=1S/C10H18N2O4/c1-3-5-12(6-4-2)10(16)11-8(7-13)9(14)15/h3,8,13H,1,4-7H2,2H3,(H,11,16)(H,14,15)/t8-/m1/s1. The third-order valence-electron chi connectivity index (χ3n) is 1.91. The van der Waals surface area contributed by atoms with Crippen LogP contribution in [-0.2, 0) is 4.79 Å². The fourth-order valence-electron chi connectivity index (χ4n) is 1.13. The van der Waals surface area contributed by atoms with Crippen LogP contribution in [0.15, 0.2) is 12.7 Å². The Balaban J connectivity index is 4.37. The first-order valence-electron chi connectivity index (χ1n) is 5.06. The molecular weight excluding hydrogens is 212 g/mol. The predicted molar refractivity (Wildman–Crippen MR) is 59.1 cm³/mol. The Kier molecular flexibility index (Phi) is 6.95. The number of aliphatic hydroxyl groups is 1. The summed E-state index contributed by atoms with van der Waals surface area (Å²) in [5.74, 6) is -1.26. The quantitative estimate of drug-likeness (QED) is 0.539. The third-order valence-corrected chi connectivity index (χ3v) is 1.91. The molecular formula is C10H18N2O4. The molecule has 16 heavy (non-hydrogen) atoms. The molecule has 0 rings (SSSR count). The zero-order valence-corrected chi connectivity index (χ0v) is 9.35. The summed E-state index contributed by atoms with van der Waals surface area (Å²) in [6.07, 6.45) is 2.32. The van der Waals surface area contributed by atoms with E-state index in [4.69, 9.17) is 10.2 Å². The molecule has 0 saturated carbocycles. The van der Waals surface area contributed by atoms with Crippen molar-refractivity contribution < 1.29 is 19.8 Å². The minimum Gasteiger partial charge on any atom is -0.480 e. The van der Waals surface area contributed by atoms with Crippen LogP contribution in [0.3, 0.4) is 0 Å². The molecule has 0 aliphatic rings. The van der Waals surface area contributed by atoms with E-state index in [1.807, 2.05) is 6.92 Å². The summed E-state index contributed by atoms with van der Waals surface area (Å²) >= 11 is 0. The molecule has 0 fully saturated rings. The topological polar surface area (TPSA) is 89.9 Å². The first kappa shape index (κ1) is 14.4. The summed E-state index contributed by atoms with van der Waals surface area (Å²) in [5.41, 5.74) is 0. The average molecular weight is 230 g/mol. The Morgan fingerprint density at radius 2 is 2.19 bits per heavy atom. The molecule has 0 saturated heterocycles. The number of rotatable bonds is 7. The Bertz CT molecular complexity index is 255. The van der Waals surface area contributed by atoms with Crippen molar-refractivity contribution in [3.8, 4) is 0 Å². The molecule has 0 aromatic carbocycles. The monoisotopic (exact) mass is 230 g/mol. The molecule has 0 heterocycles. The molecule has 0 bridgehead atoms. The molecule has 0 aliphatic carbocycles. The van der Waals surface area contributed by atoms with Gasteiger partial charge in [-0.05, 0) is 6.42 Å². The van der Waals surface area contributed by atoms with Gasteiger partial charge < -0.3 is 20.4 Å². The van der Waals surface area contributed by atoms with Crippen molar-refractivity contribution in [1.82, 2.24) is 10.2 Å². The minimum atomic E-state index is -1.27. The highest BCUT2D eigenvalue weighted by atomic mass is 16.4. The van der Waals surface area contributed by atoms with E-state index in [1.54, 1.807) is 6.08 Å². The molecule has 6 heteroatoms. The normalized spacial score (nSPS) is 11.6. The van der Waals surface area contributed by atoms with Crippen molar-refractivity contribution in [2.75, 3.05) is 19.7 Å². The van der Waals surface area contributed by atoms with E-state index >= 15 is 0 Å². The first-order valence-corrected chi connectivity index (χ1v) is 5.06. The second-order valence-electron chi connectivity index (χ2n) is 3.26. The number of aliphatic carboxylic acids is 1. The molecule has 0 aromatic rings. The predicted octanol–water partition coefficient (Wildman–Crippen LogP) is 0.0395. The molecule has 3 N–H and O–H groups in total. The number of nitrogens with one attached hydrogen (secondary N) is 1. The molecule has 0 unspecified atom stereocenters. The van der Waals surface area contributed by atoms with Gasteiger partial charge in [0.2, 0.25) is 0 Å². The van der Waals surface area contributed by atoms with Crippen molar-refractivity contribution in [2.24, 2.45) is 0 Å². The minimum absolute atomic E-state index is 0.345. The molecule has 0 spiro atoms. The zero-order chi connectivity index (χ0) is 12.6. The van der Waals surface area contributed by atoms with Gasteiger partial charge >= 0.3 is 12.0 Å². The van der Waals surface area contributed by atoms with E-state index in [9.17, 15) is 9.59 Å². The molecule has 1 atom stereocenters. The lowest BCUT2D eigenvalue weighted by Crippen LogP contribution is -2.49. The van der Waals surface area contributed by atoms with E-state index in [2.05, 4.69) is 11.9 Å². The zero-order valence-electron chi connectivity index (χ0n) is 9.35. The number of carboxylic acids is 1. The fourth-order valence-corrected chi connectivity index (χ4v) is 1.13. The number of hydrogen-bond acceptors (Lipinski definition) is 3. The SMILES string of the molecule is C=CCN(CCC)C(=O)N[C@H](CO)C(=O)O. The number of carboxylic acid groups (broad SMARTS) is 1. The summed E-state index contributed by atoms with van der Waals surface area (Å²) < 4.78 is 0. The highest BCUT2D eigenvalue weighted by Gasteiger charge is 2.21. The maximum atomic E-state index is 11.6. The first-order chi connectivity index (χ1) is 7.56. The van der Waals surface area contributed by atoms with Crippen LogP contribution in [0.2, 0.25) is 0 Å². The van der Waals surface area contributed by atoms with Gasteiger partial charge in [0.15, 0.2) is 6.04 Å². The van der Waals surface area contributed by atoms with Crippen LogP contribution in [0, 0.1) is 0 Å². The number of carbonyl (C=O) groups is 2. The van der Waals surface area contributed by atoms with Crippen LogP contribution >= 0.6 is 0 Å². The summed E-state index contributed by atoms with van der Waals surface area (Å²) in [4.78, 5) is 23.6. The molecule has 6 nitrogen and oxygen atoms in total. The van der Waals surface area contributed by atoms with Crippen LogP contribution in [0.25, 0.3) is 0 Å². The smallest absolute Gasteiger partial charge is 0.328 e. The van der Waals surface area contributed by atoms with Gasteiger partial charge in [0.05, 0.1) is 6.61 Å². The van der Waals surface area contributed by atoms with Gasteiger partial charge in [-0.2, -0.15) is 0 Å². The second-order valence-corrected chi connectivity index (χ2v) is 3.26. The van der Waals surface area contributed by atoms with Gasteiger partial charge in [0.1, 0.15) is 0 Å². The third kappa shape index (κ3) is 4.79. The molecule has 0 radical (unpaired) electrons. The lowest BCUT2D eigenvalue weighted by molar-refractivity contribution is -0.140. The van der Waals surface area contributed by atoms with Gasteiger partial charge in [-0.25, -0.2) is 9.59 Å².